The number of nitrogens with zero attached hydrogens (tertiary/aromatic N) is 3. The van der Waals surface area contributed by atoms with Gasteiger partial charge >= 0.3 is 0 Å². The lowest BCUT2D eigenvalue weighted by Gasteiger charge is -2.46. The largest absolute Gasteiger partial charge is 0.394 e. The Morgan fingerprint density at radius 2 is 1.77 bits per heavy atom. The molecule has 3 heterocycles. The lowest BCUT2D eigenvalue weighted by atomic mass is 9.70. The molecule has 3 saturated heterocycles. The third-order valence-electron chi connectivity index (χ3n) is 9.21. The van der Waals surface area contributed by atoms with Crippen molar-refractivity contribution in [3.05, 3.63) is 61.2 Å². The molecule has 1 aromatic rings. The number of amides is 3. The summed E-state index contributed by atoms with van der Waals surface area (Å²) in [5.41, 5.74) is -0.936. The summed E-state index contributed by atoms with van der Waals surface area (Å²) in [6, 6.07) is 7.94. The SMILES string of the molecule is C=CCN(C)C(=O)[C@H]1[C@@H]2OC3(CC2Br)C(C(=O)N(CC=C)C(C)(C)CC(C)(C)C)N([C@@H](CO)Cc2ccccc2)C(=O)[C@H]13. The summed E-state index contributed by atoms with van der Waals surface area (Å²) < 4.78 is 6.74. The van der Waals surface area contributed by atoms with Crippen molar-refractivity contribution < 1.29 is 24.2 Å². The second-order valence-corrected chi connectivity index (χ2v) is 15.4. The lowest BCUT2D eigenvalue weighted by molar-refractivity contribution is -0.155. The number of hydrogen-bond donors (Lipinski definition) is 1. The Bertz CT molecular complexity index is 1230. The van der Waals surface area contributed by atoms with E-state index < -0.39 is 41.2 Å². The number of carbonyl (C=O) groups is 3. The minimum atomic E-state index is -1.22. The first-order valence-electron chi connectivity index (χ1n) is 15.2. The van der Waals surface area contributed by atoms with E-state index in [1.807, 2.05) is 49.1 Å². The molecule has 43 heavy (non-hydrogen) atoms. The van der Waals surface area contributed by atoms with Gasteiger partial charge in [-0.15, -0.1) is 13.2 Å². The summed E-state index contributed by atoms with van der Waals surface area (Å²) >= 11 is 3.76. The quantitative estimate of drug-likeness (QED) is 0.269. The Morgan fingerprint density at radius 1 is 1.14 bits per heavy atom. The van der Waals surface area contributed by atoms with Gasteiger partial charge in [0.2, 0.25) is 17.7 Å². The number of halogens is 1. The topological polar surface area (TPSA) is 90.4 Å². The highest BCUT2D eigenvalue weighted by Crippen LogP contribution is 2.61. The molecule has 0 aliphatic carbocycles. The molecule has 3 aliphatic heterocycles. The Balaban J connectivity index is 1.86. The Kier molecular flexibility index (Phi) is 9.70. The normalized spacial score (nSPS) is 28.9. The highest BCUT2D eigenvalue weighted by Gasteiger charge is 2.77. The lowest BCUT2D eigenvalue weighted by Crippen LogP contribution is -2.63. The molecule has 8 nitrogen and oxygen atoms in total. The van der Waals surface area contributed by atoms with E-state index in [0.717, 1.165) is 5.56 Å². The molecule has 236 valence electrons. The summed E-state index contributed by atoms with van der Waals surface area (Å²) in [6.45, 7) is 18.5. The number of carbonyl (C=O) groups excluding carboxylic acids is 3. The van der Waals surface area contributed by atoms with Crippen LogP contribution in [0.5, 0.6) is 0 Å². The zero-order chi connectivity index (χ0) is 31.9. The van der Waals surface area contributed by atoms with Gasteiger partial charge in [0, 0.05) is 30.5 Å². The van der Waals surface area contributed by atoms with E-state index >= 15 is 4.79 Å². The maximum Gasteiger partial charge on any atom is 0.249 e. The predicted octanol–water partition coefficient (Wildman–Crippen LogP) is 4.21. The zero-order valence-corrected chi connectivity index (χ0v) is 28.0. The van der Waals surface area contributed by atoms with Gasteiger partial charge in [0.25, 0.3) is 0 Å². The summed E-state index contributed by atoms with van der Waals surface area (Å²) in [7, 11) is 1.69. The fraction of sp³-hybridized carbons (Fsp3) is 0.618. The van der Waals surface area contributed by atoms with Gasteiger partial charge in [-0.2, -0.15) is 0 Å². The van der Waals surface area contributed by atoms with Crippen LogP contribution in [0.4, 0.5) is 0 Å². The van der Waals surface area contributed by atoms with Crippen molar-refractivity contribution in [3.63, 3.8) is 0 Å². The van der Waals surface area contributed by atoms with Crippen LogP contribution in [0, 0.1) is 17.3 Å². The Labute approximate surface area is 265 Å². The maximum atomic E-state index is 15.0. The molecule has 1 N–H and O–H groups in total. The van der Waals surface area contributed by atoms with Crippen LogP contribution in [0.2, 0.25) is 0 Å². The van der Waals surface area contributed by atoms with Crippen molar-refractivity contribution in [3.8, 4) is 0 Å². The molecule has 3 amide bonds. The van der Waals surface area contributed by atoms with E-state index in [9.17, 15) is 14.7 Å². The standard InChI is InChI=1S/C34H48BrN3O5/c1-9-16-36(8)29(40)25-26-30(41)38(23(20-39)18-22-14-12-11-13-15-22)28(34(26)19-24(35)27(25)43-34)31(42)37(17-10-2)33(6,7)21-32(3,4)5/h9-15,23-28,39H,1-2,16-21H2,3-8H3/t23-,24?,25-,26+,27-,28?,34?/m1/s1. The van der Waals surface area contributed by atoms with Crippen molar-refractivity contribution in [2.24, 2.45) is 17.3 Å². The number of hydrogen-bond acceptors (Lipinski definition) is 5. The van der Waals surface area contributed by atoms with Crippen molar-refractivity contribution in [2.45, 2.75) is 88.0 Å². The first-order chi connectivity index (χ1) is 20.1. The van der Waals surface area contributed by atoms with Gasteiger partial charge in [0.15, 0.2) is 0 Å². The first kappa shape index (κ1) is 33.4. The van der Waals surface area contributed by atoms with E-state index in [1.165, 1.54) is 0 Å². The van der Waals surface area contributed by atoms with Gasteiger partial charge in [0.05, 0.1) is 30.6 Å². The van der Waals surface area contributed by atoms with Crippen LogP contribution in [0.25, 0.3) is 0 Å². The van der Waals surface area contributed by atoms with Gasteiger partial charge in [-0.25, -0.2) is 0 Å². The van der Waals surface area contributed by atoms with Crippen molar-refractivity contribution in [1.82, 2.24) is 14.7 Å². The molecule has 7 atom stereocenters. The predicted molar refractivity (Wildman–Crippen MR) is 171 cm³/mol. The molecule has 4 rings (SSSR count). The van der Waals surface area contributed by atoms with E-state index in [4.69, 9.17) is 4.74 Å². The molecule has 3 fully saturated rings. The molecule has 0 radical (unpaired) electrons. The van der Waals surface area contributed by atoms with Crippen LogP contribution in [0.3, 0.4) is 0 Å². The van der Waals surface area contributed by atoms with E-state index in [1.54, 1.807) is 29.0 Å². The van der Waals surface area contributed by atoms with Gasteiger partial charge in [-0.1, -0.05) is 79.2 Å². The van der Waals surface area contributed by atoms with Crippen LogP contribution in [-0.4, -0.2) is 98.4 Å². The molecular weight excluding hydrogens is 610 g/mol. The minimum Gasteiger partial charge on any atom is -0.394 e. The molecule has 9 heteroatoms. The Hall–Kier alpha value is -2.49. The number of alkyl halides is 1. The van der Waals surface area contributed by atoms with Crippen LogP contribution >= 0.6 is 15.9 Å². The maximum absolute atomic E-state index is 15.0. The first-order valence-corrected chi connectivity index (χ1v) is 16.1. The number of benzene rings is 1. The van der Waals surface area contributed by atoms with Crippen molar-refractivity contribution >= 4 is 33.7 Å². The second-order valence-electron chi connectivity index (χ2n) is 14.2. The van der Waals surface area contributed by atoms with Gasteiger partial charge < -0.3 is 24.5 Å². The fourth-order valence-corrected chi connectivity index (χ4v) is 8.95. The van der Waals surface area contributed by atoms with Crippen LogP contribution in [-0.2, 0) is 25.5 Å². The third kappa shape index (κ3) is 6.09. The number of ether oxygens (including phenoxy) is 1. The van der Waals surface area contributed by atoms with Gasteiger partial charge in [0.1, 0.15) is 11.6 Å². The van der Waals surface area contributed by atoms with Crippen molar-refractivity contribution in [2.75, 3.05) is 26.7 Å². The van der Waals surface area contributed by atoms with Crippen LogP contribution in [0.1, 0.15) is 53.0 Å². The van der Waals surface area contributed by atoms with Gasteiger partial charge in [-0.05, 0) is 44.1 Å². The van der Waals surface area contributed by atoms with E-state index in [-0.39, 0.29) is 41.1 Å². The summed E-state index contributed by atoms with van der Waals surface area (Å²) in [5.74, 6) is -2.37. The molecule has 0 saturated carbocycles. The molecule has 1 aromatic carbocycles. The van der Waals surface area contributed by atoms with Crippen molar-refractivity contribution in [1.29, 1.82) is 0 Å². The number of fused-ring (bicyclic) bond motifs is 1. The minimum absolute atomic E-state index is 0.0767. The smallest absolute Gasteiger partial charge is 0.249 e. The van der Waals surface area contributed by atoms with Crippen LogP contribution < -0.4 is 0 Å². The van der Waals surface area contributed by atoms with Gasteiger partial charge in [-0.3, -0.25) is 14.4 Å². The Morgan fingerprint density at radius 3 is 2.33 bits per heavy atom. The molecular formula is C34H48BrN3O5. The monoisotopic (exact) mass is 657 g/mol. The third-order valence-corrected chi connectivity index (χ3v) is 10.1. The average molecular weight is 659 g/mol. The number of aliphatic hydroxyl groups excluding tert-OH is 1. The summed E-state index contributed by atoms with van der Waals surface area (Å²) in [6.07, 6.45) is 4.28. The second kappa shape index (κ2) is 12.5. The molecule has 3 unspecified atom stereocenters. The molecule has 2 bridgehead atoms. The zero-order valence-electron chi connectivity index (χ0n) is 26.5. The summed E-state index contributed by atoms with van der Waals surface area (Å²) in [4.78, 5) is 48.3. The number of likely N-dealkylation sites (N-methyl/N-ethyl adjacent to an activating group) is 1. The summed E-state index contributed by atoms with van der Waals surface area (Å²) in [5, 5.41) is 10.8. The molecule has 0 aromatic heterocycles. The molecule has 1 spiro atoms. The number of rotatable bonds is 12. The fourth-order valence-electron chi connectivity index (χ4n) is 8.00. The van der Waals surface area contributed by atoms with Crippen LogP contribution in [0.15, 0.2) is 55.6 Å². The molecule has 3 aliphatic rings. The number of aliphatic hydroxyl groups is 1. The highest BCUT2D eigenvalue weighted by atomic mass is 79.9. The number of likely N-dealkylation sites (tertiary alicyclic amines) is 1. The average Bonchev–Trinajstić information content (AvgIpc) is 3.52. The van der Waals surface area contributed by atoms with E-state index in [0.29, 0.717) is 25.8 Å². The van der Waals surface area contributed by atoms with E-state index in [2.05, 4.69) is 49.9 Å². The highest BCUT2D eigenvalue weighted by molar-refractivity contribution is 9.09.